The molecule has 0 fully saturated rings. The van der Waals surface area contributed by atoms with Crippen molar-refractivity contribution < 1.29 is 21.8 Å². The van der Waals surface area contributed by atoms with E-state index in [4.69, 9.17) is 0 Å². The molecule has 0 amide bonds. The van der Waals surface area contributed by atoms with Gasteiger partial charge in [0.15, 0.2) is 0 Å². The molecule has 3 rings (SSSR count). The first-order chi connectivity index (χ1) is 12.5. The van der Waals surface area contributed by atoms with E-state index in [9.17, 15) is 4.39 Å². The minimum atomic E-state index is -0.242. The Balaban J connectivity index is 0.00000261. The van der Waals surface area contributed by atoms with Crippen molar-refractivity contribution >= 4 is 17.4 Å². The zero-order valence-corrected chi connectivity index (χ0v) is 16.4. The summed E-state index contributed by atoms with van der Waals surface area (Å²) in [6.07, 6.45) is 2.12. The molecule has 1 aliphatic heterocycles. The average molecular weight is 387 g/mol. The van der Waals surface area contributed by atoms with E-state index < -0.39 is 0 Å². The molecule has 0 spiro atoms. The van der Waals surface area contributed by atoms with Crippen LogP contribution in [-0.2, 0) is 0 Å². The smallest absolute Gasteiger partial charge is 0.372 e. The number of halogens is 2. The number of nitrogens with one attached hydrogen (secondary N) is 3. The molecule has 27 heavy (non-hydrogen) atoms. The van der Waals surface area contributed by atoms with Crippen LogP contribution in [0.3, 0.4) is 0 Å². The molecule has 2 aromatic rings. The van der Waals surface area contributed by atoms with Crippen molar-refractivity contribution in [2.24, 2.45) is 11.0 Å². The highest BCUT2D eigenvalue weighted by Crippen LogP contribution is 2.15. The van der Waals surface area contributed by atoms with E-state index >= 15 is 0 Å². The lowest BCUT2D eigenvalue weighted by Crippen LogP contribution is -3.00. The van der Waals surface area contributed by atoms with E-state index in [-0.39, 0.29) is 24.3 Å². The van der Waals surface area contributed by atoms with Crippen molar-refractivity contribution in [2.45, 2.75) is 26.8 Å². The summed E-state index contributed by atoms with van der Waals surface area (Å²) in [5, 5.41) is 7.78. The van der Waals surface area contributed by atoms with Crippen LogP contribution in [0.15, 0.2) is 65.8 Å². The van der Waals surface area contributed by atoms with Gasteiger partial charge in [0, 0.05) is 5.56 Å². The maximum absolute atomic E-state index is 13.2. The fraction of sp³-hybridized carbons (Fsp3) is 0.238. The second kappa shape index (κ2) is 9.33. The SMILES string of the molecule is C/C(=N\NC1=[NH+]C(C(C)C)C=C(c2ccc(F)cc2)N1)c1ccccc1.[Cl-]. The van der Waals surface area contributed by atoms with Crippen molar-refractivity contribution in [3.05, 3.63) is 77.6 Å². The molecule has 1 atom stereocenters. The molecule has 0 saturated carbocycles. The van der Waals surface area contributed by atoms with E-state index in [0.717, 1.165) is 22.5 Å². The Labute approximate surface area is 165 Å². The highest BCUT2D eigenvalue weighted by molar-refractivity contribution is 5.99. The lowest BCUT2D eigenvalue weighted by molar-refractivity contribution is -0.503. The molecule has 3 N–H and O–H groups in total. The molecule has 0 saturated heterocycles. The van der Waals surface area contributed by atoms with Gasteiger partial charge < -0.3 is 12.4 Å². The summed E-state index contributed by atoms with van der Waals surface area (Å²) in [5.41, 5.74) is 6.89. The maximum Gasteiger partial charge on any atom is 0.372 e. The number of benzene rings is 2. The predicted molar refractivity (Wildman–Crippen MR) is 104 cm³/mol. The molecule has 1 aliphatic rings. The Hall–Kier alpha value is -2.66. The number of rotatable bonds is 4. The molecular formula is C21H24ClFN4. The van der Waals surface area contributed by atoms with Crippen LogP contribution < -0.4 is 28.1 Å². The lowest BCUT2D eigenvalue weighted by atomic mass is 10.0. The van der Waals surface area contributed by atoms with Crippen LogP contribution in [-0.4, -0.2) is 17.7 Å². The van der Waals surface area contributed by atoms with Gasteiger partial charge in [0.1, 0.15) is 11.5 Å². The third-order valence-electron chi connectivity index (χ3n) is 4.32. The second-order valence-electron chi connectivity index (χ2n) is 6.68. The Morgan fingerprint density at radius 1 is 1.11 bits per heavy atom. The first kappa shape index (κ1) is 20.6. The highest BCUT2D eigenvalue weighted by atomic mass is 35.5. The largest absolute Gasteiger partial charge is 1.00 e. The topological polar surface area (TPSA) is 50.4 Å². The number of hydrogen-bond donors (Lipinski definition) is 3. The summed E-state index contributed by atoms with van der Waals surface area (Å²) in [5.74, 6) is 0.860. The molecule has 6 heteroatoms. The van der Waals surface area contributed by atoms with Crippen LogP contribution in [0.1, 0.15) is 31.9 Å². The van der Waals surface area contributed by atoms with E-state index in [0.29, 0.717) is 11.9 Å². The summed E-state index contributed by atoms with van der Waals surface area (Å²) in [4.78, 5) is 3.41. The van der Waals surface area contributed by atoms with Gasteiger partial charge in [0.2, 0.25) is 0 Å². The number of guanidine groups is 1. The zero-order chi connectivity index (χ0) is 18.5. The van der Waals surface area contributed by atoms with Crippen molar-refractivity contribution in [1.82, 2.24) is 10.7 Å². The fourth-order valence-corrected chi connectivity index (χ4v) is 2.70. The standard InChI is InChI=1S/C21H23FN4.ClH/c1-14(2)19-13-20(17-9-11-18(22)12-10-17)24-21(23-19)26-25-15(3)16-7-5-4-6-8-16;/h4-14,19H,1-3H3,(H2,23,24,26);1H/b25-15+;. The molecule has 2 aromatic carbocycles. The van der Waals surface area contributed by atoms with Gasteiger partial charge in [0.05, 0.1) is 11.8 Å². The minimum absolute atomic E-state index is 0. The van der Waals surface area contributed by atoms with Gasteiger partial charge in [-0.1, -0.05) is 44.2 Å². The van der Waals surface area contributed by atoms with Gasteiger partial charge in [0.25, 0.3) is 0 Å². The molecule has 0 aliphatic carbocycles. The van der Waals surface area contributed by atoms with E-state index in [1.165, 1.54) is 12.1 Å². The summed E-state index contributed by atoms with van der Waals surface area (Å²) in [7, 11) is 0. The number of nitrogens with zero attached hydrogens (tertiary/aromatic N) is 1. The van der Waals surface area contributed by atoms with Crippen LogP contribution in [0.4, 0.5) is 4.39 Å². The van der Waals surface area contributed by atoms with Crippen molar-refractivity contribution in [3.63, 3.8) is 0 Å². The number of hydrazone groups is 1. The molecule has 4 nitrogen and oxygen atoms in total. The van der Waals surface area contributed by atoms with Gasteiger partial charge >= 0.3 is 5.96 Å². The van der Waals surface area contributed by atoms with Crippen molar-refractivity contribution in [2.75, 3.05) is 0 Å². The monoisotopic (exact) mass is 386 g/mol. The highest BCUT2D eigenvalue weighted by Gasteiger charge is 2.23. The van der Waals surface area contributed by atoms with E-state index in [1.54, 1.807) is 12.1 Å². The Morgan fingerprint density at radius 3 is 2.41 bits per heavy atom. The van der Waals surface area contributed by atoms with E-state index in [1.807, 2.05) is 37.3 Å². The second-order valence-corrected chi connectivity index (χ2v) is 6.68. The summed E-state index contributed by atoms with van der Waals surface area (Å²) in [6, 6.07) is 16.6. The van der Waals surface area contributed by atoms with Crippen LogP contribution in [0.5, 0.6) is 0 Å². The van der Waals surface area contributed by atoms with Crippen molar-refractivity contribution in [3.8, 4) is 0 Å². The van der Waals surface area contributed by atoms with Crippen molar-refractivity contribution in [1.29, 1.82) is 0 Å². The predicted octanol–water partition coefficient (Wildman–Crippen LogP) is -0.751. The van der Waals surface area contributed by atoms with E-state index in [2.05, 4.69) is 40.8 Å². The lowest BCUT2D eigenvalue weighted by Gasteiger charge is -2.19. The third kappa shape index (κ3) is 5.41. The van der Waals surface area contributed by atoms with Crippen LogP contribution in [0, 0.1) is 11.7 Å². The Kier molecular flexibility index (Phi) is 7.13. The first-order valence-electron chi connectivity index (χ1n) is 8.77. The first-order valence-corrected chi connectivity index (χ1v) is 8.77. The van der Waals surface area contributed by atoms with Gasteiger partial charge in [-0.2, -0.15) is 5.43 Å². The molecule has 0 radical (unpaired) electrons. The average Bonchev–Trinajstić information content (AvgIpc) is 2.67. The molecule has 142 valence electrons. The van der Waals surface area contributed by atoms with Crippen LogP contribution >= 0.6 is 0 Å². The maximum atomic E-state index is 13.2. The molecule has 1 unspecified atom stereocenters. The molecule has 1 heterocycles. The zero-order valence-electron chi connectivity index (χ0n) is 15.6. The summed E-state index contributed by atoms with van der Waals surface area (Å²) < 4.78 is 13.2. The molecule has 0 aromatic heterocycles. The Bertz CT molecular complexity index is 842. The summed E-state index contributed by atoms with van der Waals surface area (Å²) >= 11 is 0. The molecule has 0 bridgehead atoms. The Morgan fingerprint density at radius 2 is 1.78 bits per heavy atom. The third-order valence-corrected chi connectivity index (χ3v) is 4.32. The van der Waals surface area contributed by atoms with Gasteiger partial charge in [-0.3, -0.25) is 4.99 Å². The van der Waals surface area contributed by atoms with Gasteiger partial charge in [-0.05, 0) is 48.7 Å². The molecular weight excluding hydrogens is 363 g/mol. The summed E-state index contributed by atoms with van der Waals surface area (Å²) in [6.45, 7) is 6.26. The minimum Gasteiger partial charge on any atom is -1.00 e. The fourth-order valence-electron chi connectivity index (χ4n) is 2.70. The van der Waals surface area contributed by atoms with Crippen LogP contribution in [0.2, 0.25) is 0 Å². The van der Waals surface area contributed by atoms with Gasteiger partial charge in [-0.15, -0.1) is 5.10 Å². The van der Waals surface area contributed by atoms with Gasteiger partial charge in [-0.25, -0.2) is 9.71 Å². The number of hydrogen-bond acceptors (Lipinski definition) is 3. The normalized spacial score (nSPS) is 16.8. The van der Waals surface area contributed by atoms with Crippen LogP contribution in [0.25, 0.3) is 5.70 Å². The quantitative estimate of drug-likeness (QED) is 0.478.